The predicted molar refractivity (Wildman–Crippen MR) is 103 cm³/mol. The maximum atomic E-state index is 11.5. The van der Waals surface area contributed by atoms with Gasteiger partial charge in [-0.15, -0.1) is 0 Å². The number of nitrogens with zero attached hydrogens (tertiary/aromatic N) is 2. The number of halogens is 1. The lowest BCUT2D eigenvalue weighted by Crippen LogP contribution is -2.25. The number of carbonyl (C=O) groups is 1. The minimum absolute atomic E-state index is 0.0434. The summed E-state index contributed by atoms with van der Waals surface area (Å²) in [5.41, 5.74) is 7.99. The second-order valence-electron chi connectivity index (χ2n) is 5.80. The van der Waals surface area contributed by atoms with E-state index in [-0.39, 0.29) is 5.91 Å². The number of hydrogen-bond acceptors (Lipinski definition) is 4. The number of fused-ring (bicyclic) bond motifs is 1. The highest BCUT2D eigenvalue weighted by Gasteiger charge is 2.20. The third-order valence-corrected chi connectivity index (χ3v) is 5.18. The largest absolute Gasteiger partial charge is 0.326 e. The standard InChI is InChI=1S/C18H15ClN4OS/c19-14-5-1-11(2-6-14)9-20-18-23-22-16(10-25-18)12-3-4-13-8-17(24)21-15(13)7-12/h1-7H,8-10H2,(H,20,23)(H,21,24). The summed E-state index contributed by atoms with van der Waals surface area (Å²) < 4.78 is 0. The van der Waals surface area contributed by atoms with Crippen molar-refractivity contribution in [3.05, 3.63) is 64.2 Å². The van der Waals surface area contributed by atoms with Crippen LogP contribution in [-0.2, 0) is 17.8 Å². The molecule has 2 heterocycles. The van der Waals surface area contributed by atoms with Crippen LogP contribution in [0.2, 0.25) is 5.02 Å². The van der Waals surface area contributed by atoms with E-state index >= 15 is 0 Å². The maximum Gasteiger partial charge on any atom is 0.228 e. The normalized spacial score (nSPS) is 17.7. The summed E-state index contributed by atoms with van der Waals surface area (Å²) in [6, 6.07) is 13.6. The Hall–Kier alpha value is -2.31. The molecule has 2 aromatic carbocycles. The van der Waals surface area contributed by atoms with Crippen molar-refractivity contribution in [1.29, 1.82) is 0 Å². The molecule has 0 bridgehead atoms. The van der Waals surface area contributed by atoms with Gasteiger partial charge in [-0.25, -0.2) is 0 Å². The Morgan fingerprint density at radius 3 is 2.80 bits per heavy atom. The first-order chi connectivity index (χ1) is 12.2. The van der Waals surface area contributed by atoms with Crippen molar-refractivity contribution < 1.29 is 4.79 Å². The molecule has 0 radical (unpaired) electrons. The lowest BCUT2D eigenvalue weighted by Gasteiger charge is -2.15. The van der Waals surface area contributed by atoms with Crippen LogP contribution < -0.4 is 10.7 Å². The van der Waals surface area contributed by atoms with Crippen molar-refractivity contribution in [3.8, 4) is 0 Å². The van der Waals surface area contributed by atoms with E-state index in [4.69, 9.17) is 11.6 Å². The quantitative estimate of drug-likeness (QED) is 0.869. The monoisotopic (exact) mass is 370 g/mol. The number of thioether (sulfide) groups is 1. The third-order valence-electron chi connectivity index (χ3n) is 4.02. The zero-order chi connectivity index (χ0) is 17.2. The molecule has 0 atom stereocenters. The molecule has 5 nitrogen and oxygen atoms in total. The molecule has 0 fully saturated rings. The summed E-state index contributed by atoms with van der Waals surface area (Å²) in [7, 11) is 0. The van der Waals surface area contributed by atoms with Gasteiger partial charge in [0.25, 0.3) is 0 Å². The van der Waals surface area contributed by atoms with Crippen molar-refractivity contribution in [2.24, 2.45) is 10.1 Å². The molecular formula is C18H15ClN4OS. The summed E-state index contributed by atoms with van der Waals surface area (Å²) in [4.78, 5) is 16.0. The highest BCUT2D eigenvalue weighted by atomic mass is 35.5. The second-order valence-corrected chi connectivity index (χ2v) is 7.20. The van der Waals surface area contributed by atoms with Gasteiger partial charge in [0.2, 0.25) is 5.91 Å². The van der Waals surface area contributed by atoms with E-state index in [1.54, 1.807) is 11.8 Å². The van der Waals surface area contributed by atoms with Crippen molar-refractivity contribution >= 4 is 45.8 Å². The van der Waals surface area contributed by atoms with Gasteiger partial charge in [-0.3, -0.25) is 15.2 Å². The van der Waals surface area contributed by atoms with Gasteiger partial charge in [-0.1, -0.05) is 47.6 Å². The van der Waals surface area contributed by atoms with Crippen molar-refractivity contribution in [2.75, 3.05) is 11.1 Å². The lowest BCUT2D eigenvalue weighted by atomic mass is 10.1. The number of rotatable bonds is 3. The van der Waals surface area contributed by atoms with Crippen LogP contribution in [0.15, 0.2) is 52.6 Å². The summed E-state index contributed by atoms with van der Waals surface area (Å²) in [6.45, 7) is 0.586. The lowest BCUT2D eigenvalue weighted by molar-refractivity contribution is -0.115. The van der Waals surface area contributed by atoms with Crippen molar-refractivity contribution in [2.45, 2.75) is 13.0 Å². The number of benzene rings is 2. The summed E-state index contributed by atoms with van der Waals surface area (Å²) in [5.74, 6) is 0.779. The summed E-state index contributed by atoms with van der Waals surface area (Å²) in [6.07, 6.45) is 0.455. The number of hydrogen-bond donors (Lipinski definition) is 2. The predicted octanol–water partition coefficient (Wildman–Crippen LogP) is 3.43. The van der Waals surface area contributed by atoms with Gasteiger partial charge in [0.15, 0.2) is 5.17 Å². The molecule has 1 amide bonds. The van der Waals surface area contributed by atoms with Crippen molar-refractivity contribution in [3.63, 3.8) is 0 Å². The molecule has 0 saturated heterocycles. The molecule has 4 rings (SSSR count). The van der Waals surface area contributed by atoms with Crippen LogP contribution in [0.25, 0.3) is 0 Å². The smallest absolute Gasteiger partial charge is 0.228 e. The number of carbonyl (C=O) groups excluding carboxylic acids is 1. The van der Waals surface area contributed by atoms with E-state index in [9.17, 15) is 4.79 Å². The Morgan fingerprint density at radius 2 is 2.04 bits per heavy atom. The summed E-state index contributed by atoms with van der Waals surface area (Å²) >= 11 is 7.50. The molecule has 2 N–H and O–H groups in total. The molecule has 0 saturated carbocycles. The van der Waals surface area contributed by atoms with Crippen LogP contribution in [-0.4, -0.2) is 22.5 Å². The average molecular weight is 371 g/mol. The Kier molecular flexibility index (Phi) is 4.46. The zero-order valence-corrected chi connectivity index (χ0v) is 14.8. The van der Waals surface area contributed by atoms with Gasteiger partial charge in [-0.05, 0) is 29.3 Å². The van der Waals surface area contributed by atoms with E-state index in [1.165, 1.54) is 0 Å². The van der Waals surface area contributed by atoms with Gasteiger partial charge >= 0.3 is 0 Å². The highest BCUT2D eigenvalue weighted by Crippen LogP contribution is 2.25. The van der Waals surface area contributed by atoms with Crippen molar-refractivity contribution in [1.82, 2.24) is 5.43 Å². The maximum absolute atomic E-state index is 11.5. The molecule has 2 aliphatic heterocycles. The van der Waals surface area contributed by atoms with E-state index in [1.807, 2.05) is 42.5 Å². The molecule has 0 unspecified atom stereocenters. The Morgan fingerprint density at radius 1 is 1.20 bits per heavy atom. The number of hydrazone groups is 1. The van der Waals surface area contributed by atoms with E-state index in [0.29, 0.717) is 13.0 Å². The van der Waals surface area contributed by atoms with Crippen LogP contribution >= 0.6 is 23.4 Å². The second kappa shape index (κ2) is 6.90. The molecule has 126 valence electrons. The zero-order valence-electron chi connectivity index (χ0n) is 13.3. The molecule has 0 aliphatic carbocycles. The van der Waals surface area contributed by atoms with E-state index in [0.717, 1.165) is 44.0 Å². The van der Waals surface area contributed by atoms with Crippen LogP contribution in [0, 0.1) is 0 Å². The van der Waals surface area contributed by atoms with Crippen LogP contribution in [0.4, 0.5) is 5.69 Å². The minimum Gasteiger partial charge on any atom is -0.326 e. The fourth-order valence-electron chi connectivity index (χ4n) is 2.69. The van der Waals surface area contributed by atoms with Gasteiger partial charge in [0.05, 0.1) is 18.7 Å². The topological polar surface area (TPSA) is 65.8 Å². The first kappa shape index (κ1) is 16.2. The van der Waals surface area contributed by atoms with Crippen LogP contribution in [0.3, 0.4) is 0 Å². The van der Waals surface area contributed by atoms with Gasteiger partial charge in [-0.2, -0.15) is 5.10 Å². The fraction of sp³-hybridized carbons (Fsp3) is 0.167. The molecule has 2 aromatic rings. The number of anilines is 1. The van der Waals surface area contributed by atoms with Crippen LogP contribution in [0.5, 0.6) is 0 Å². The fourth-order valence-corrected chi connectivity index (χ4v) is 3.59. The average Bonchev–Trinajstić information content (AvgIpc) is 3.01. The number of nitrogens with one attached hydrogen (secondary N) is 2. The Balaban J connectivity index is 1.43. The number of amidine groups is 1. The van der Waals surface area contributed by atoms with Gasteiger partial charge < -0.3 is 5.32 Å². The molecule has 7 heteroatoms. The SMILES string of the molecule is O=C1Cc2ccc(C3=NNC(=NCc4ccc(Cl)cc4)SC3)cc2N1. The highest BCUT2D eigenvalue weighted by molar-refractivity contribution is 8.14. The minimum atomic E-state index is 0.0434. The molecule has 25 heavy (non-hydrogen) atoms. The van der Waals surface area contributed by atoms with Gasteiger partial charge in [0, 0.05) is 22.0 Å². The first-order valence-electron chi connectivity index (χ1n) is 7.85. The van der Waals surface area contributed by atoms with Gasteiger partial charge in [0.1, 0.15) is 0 Å². The molecule has 2 aliphatic rings. The van der Waals surface area contributed by atoms with E-state index < -0.39 is 0 Å². The van der Waals surface area contributed by atoms with Crippen LogP contribution in [0.1, 0.15) is 16.7 Å². The third kappa shape index (κ3) is 3.70. The summed E-state index contributed by atoms with van der Waals surface area (Å²) in [5, 5.41) is 8.83. The van der Waals surface area contributed by atoms with E-state index in [2.05, 4.69) is 20.8 Å². The molecule has 0 spiro atoms. The molecular weight excluding hydrogens is 356 g/mol. The first-order valence-corrected chi connectivity index (χ1v) is 9.21. The Bertz CT molecular complexity index is 892. The Labute approximate surface area is 154 Å². The molecule has 0 aromatic heterocycles. The number of aliphatic imine (C=N–C) groups is 1. The number of amides is 1.